The topological polar surface area (TPSA) is 136 Å². The lowest BCUT2D eigenvalue weighted by Crippen LogP contribution is -2.51. The first-order chi connectivity index (χ1) is 24.3. The molecular formula is C40H53N7O4. The fraction of sp³-hybridized carbons (Fsp3) is 0.525. The van der Waals surface area contributed by atoms with Crippen molar-refractivity contribution in [2.24, 2.45) is 17.8 Å². The lowest BCUT2D eigenvalue weighted by atomic mass is 10.0. The van der Waals surface area contributed by atoms with E-state index < -0.39 is 12.1 Å². The molecule has 3 heterocycles. The van der Waals surface area contributed by atoms with Crippen molar-refractivity contribution in [1.29, 1.82) is 0 Å². The Morgan fingerprint density at radius 3 is 2.27 bits per heavy atom. The summed E-state index contributed by atoms with van der Waals surface area (Å²) in [6, 6.07) is 6.61. The number of rotatable bonds is 11. The number of amides is 3. The number of aromatic nitrogens is 4. The molecular weight excluding hydrogens is 642 g/mol. The number of carbonyl (C=O) groups is 3. The van der Waals surface area contributed by atoms with E-state index in [1.807, 2.05) is 61.8 Å². The minimum Gasteiger partial charge on any atom is -0.453 e. The third-order valence-electron chi connectivity index (χ3n) is 9.02. The van der Waals surface area contributed by atoms with Crippen molar-refractivity contribution in [2.45, 2.75) is 99.2 Å². The second kappa shape index (κ2) is 17.8. The van der Waals surface area contributed by atoms with Crippen molar-refractivity contribution in [3.05, 3.63) is 70.3 Å². The van der Waals surface area contributed by atoms with Gasteiger partial charge in [0.2, 0.25) is 11.8 Å². The maximum absolute atomic E-state index is 13.7. The minimum absolute atomic E-state index is 0.115. The van der Waals surface area contributed by atoms with E-state index in [4.69, 9.17) is 9.72 Å². The van der Waals surface area contributed by atoms with Crippen LogP contribution in [0.25, 0.3) is 0 Å². The van der Waals surface area contributed by atoms with Crippen LogP contribution in [0.1, 0.15) is 127 Å². The molecule has 1 saturated heterocycles. The lowest BCUT2D eigenvalue weighted by Gasteiger charge is -2.30. The van der Waals surface area contributed by atoms with Gasteiger partial charge < -0.3 is 29.8 Å². The average molecular weight is 696 g/mol. The van der Waals surface area contributed by atoms with Crippen molar-refractivity contribution in [1.82, 2.24) is 35.1 Å². The van der Waals surface area contributed by atoms with Crippen molar-refractivity contribution < 1.29 is 19.1 Å². The van der Waals surface area contributed by atoms with Crippen LogP contribution in [0.3, 0.4) is 0 Å². The Labute approximate surface area is 302 Å². The smallest absolute Gasteiger partial charge is 0.407 e. The van der Waals surface area contributed by atoms with E-state index in [0.717, 1.165) is 41.2 Å². The van der Waals surface area contributed by atoms with E-state index in [1.54, 1.807) is 6.20 Å². The van der Waals surface area contributed by atoms with Crippen molar-refractivity contribution in [3.8, 4) is 23.7 Å². The van der Waals surface area contributed by atoms with Crippen LogP contribution in [0.15, 0.2) is 30.5 Å². The number of hydrogen-bond acceptors (Lipinski definition) is 6. The van der Waals surface area contributed by atoms with Gasteiger partial charge in [0.25, 0.3) is 0 Å². The summed E-state index contributed by atoms with van der Waals surface area (Å²) >= 11 is 0. The number of methoxy groups -OCH3 is 1. The normalized spacial score (nSPS) is 16.6. The molecule has 0 bridgehead atoms. The molecule has 4 atom stereocenters. The zero-order valence-corrected chi connectivity index (χ0v) is 31.5. The number of nitrogens with zero attached hydrogens (tertiary/aromatic N) is 4. The van der Waals surface area contributed by atoms with Gasteiger partial charge in [-0.15, -0.1) is 0 Å². The number of likely N-dealkylation sites (tertiary alicyclic amines) is 1. The van der Waals surface area contributed by atoms with Gasteiger partial charge in [-0.25, -0.2) is 14.8 Å². The highest BCUT2D eigenvalue weighted by Crippen LogP contribution is 2.35. The number of imidazole rings is 2. The number of hydrogen-bond donors (Lipinski definition) is 3. The third kappa shape index (κ3) is 10.0. The molecule has 1 aromatic carbocycles. The number of H-pyrrole nitrogens is 2. The Bertz CT molecular complexity index is 1780. The highest BCUT2D eigenvalue weighted by Gasteiger charge is 2.40. The first-order valence-electron chi connectivity index (χ1n) is 18.1. The second-order valence-electron chi connectivity index (χ2n) is 14.1. The molecule has 0 radical (unpaired) electrons. The number of ether oxygens (including phenoxy) is 1. The highest BCUT2D eigenvalue weighted by molar-refractivity contribution is 5.86. The number of carbonyl (C=O) groups excluding carboxylic acids is 3. The number of alkyl carbamates (subject to hydrolysis) is 1. The Morgan fingerprint density at radius 1 is 1.02 bits per heavy atom. The van der Waals surface area contributed by atoms with Gasteiger partial charge in [-0.2, -0.15) is 0 Å². The first kappa shape index (κ1) is 38.8. The fourth-order valence-electron chi connectivity index (χ4n) is 6.29. The summed E-state index contributed by atoms with van der Waals surface area (Å²) in [6.45, 7) is 17.4. The zero-order valence-electron chi connectivity index (χ0n) is 31.5. The Balaban J connectivity index is 1.46. The van der Waals surface area contributed by atoms with Crippen molar-refractivity contribution in [3.63, 3.8) is 0 Å². The summed E-state index contributed by atoms with van der Waals surface area (Å²) in [6.07, 6.45) is 3.92. The third-order valence-corrected chi connectivity index (χ3v) is 9.02. The lowest BCUT2D eigenvalue weighted by molar-refractivity contribution is -0.136. The maximum atomic E-state index is 13.7. The minimum atomic E-state index is -0.702. The Morgan fingerprint density at radius 2 is 1.69 bits per heavy atom. The molecule has 51 heavy (non-hydrogen) atoms. The van der Waals surface area contributed by atoms with E-state index in [1.165, 1.54) is 7.11 Å². The molecule has 4 rings (SSSR count). The van der Waals surface area contributed by atoms with Crippen LogP contribution in [-0.4, -0.2) is 73.9 Å². The molecule has 3 aromatic rings. The van der Waals surface area contributed by atoms with Crippen LogP contribution in [0, 0.1) is 41.4 Å². The Hall–Kier alpha value is -5.03. The predicted molar refractivity (Wildman–Crippen MR) is 197 cm³/mol. The summed E-state index contributed by atoms with van der Waals surface area (Å²) < 4.78 is 4.77. The molecule has 1 fully saturated rings. The van der Waals surface area contributed by atoms with E-state index in [2.05, 4.69) is 71.6 Å². The van der Waals surface area contributed by atoms with Gasteiger partial charge in [-0.3, -0.25) is 9.59 Å². The molecule has 11 heteroatoms. The molecule has 4 unspecified atom stereocenters. The zero-order chi connectivity index (χ0) is 37.2. The Kier molecular flexibility index (Phi) is 13.5. The molecule has 1 aliphatic rings. The molecule has 1 aliphatic heterocycles. The van der Waals surface area contributed by atoms with E-state index >= 15 is 0 Å². The summed E-state index contributed by atoms with van der Waals surface area (Å²) in [5.74, 6) is 14.7. The standard InChI is InChI=1S/C40H53N7O4/c1-10-20-46(35(48)21-25(3)4)28(8)37-41-23-31(42-37)18-16-29-12-14-30(15-13-29)17-19-33-32(11-2)43-38(44-33)34-22-27(7)24-47(34)39(49)36(26(5)6)45-40(50)51-9/h12-15,23,25-28,34,36H,10-11,20-22,24H2,1-9H3,(H,41,42)(H,43,44)(H,45,50). The quantitative estimate of drug-likeness (QED) is 0.207. The van der Waals surface area contributed by atoms with Gasteiger partial charge >= 0.3 is 6.09 Å². The van der Waals surface area contributed by atoms with E-state index in [-0.39, 0.29) is 35.7 Å². The van der Waals surface area contributed by atoms with Crippen LogP contribution in [0.4, 0.5) is 4.79 Å². The first-order valence-corrected chi connectivity index (χ1v) is 18.1. The number of nitrogens with one attached hydrogen (secondary N) is 3. The molecule has 3 N–H and O–H groups in total. The van der Waals surface area contributed by atoms with Crippen LogP contribution in [0.5, 0.6) is 0 Å². The largest absolute Gasteiger partial charge is 0.453 e. The molecule has 0 spiro atoms. The van der Waals surface area contributed by atoms with Crippen LogP contribution in [-0.2, 0) is 20.7 Å². The van der Waals surface area contributed by atoms with E-state index in [0.29, 0.717) is 43.4 Å². The summed E-state index contributed by atoms with van der Waals surface area (Å²) in [7, 11) is 1.29. The van der Waals surface area contributed by atoms with Gasteiger partial charge in [-0.1, -0.05) is 60.3 Å². The van der Waals surface area contributed by atoms with Gasteiger partial charge in [0, 0.05) is 30.6 Å². The van der Waals surface area contributed by atoms with Crippen LogP contribution >= 0.6 is 0 Å². The molecule has 272 valence electrons. The number of benzene rings is 1. The van der Waals surface area contributed by atoms with Crippen molar-refractivity contribution >= 4 is 17.9 Å². The van der Waals surface area contributed by atoms with Crippen molar-refractivity contribution in [2.75, 3.05) is 20.2 Å². The predicted octanol–water partition coefficient (Wildman–Crippen LogP) is 6.13. The molecule has 3 amide bonds. The molecule has 2 aromatic heterocycles. The van der Waals surface area contributed by atoms with E-state index in [9.17, 15) is 14.4 Å². The molecule has 0 saturated carbocycles. The highest BCUT2D eigenvalue weighted by atomic mass is 16.5. The summed E-state index contributed by atoms with van der Waals surface area (Å²) in [4.78, 5) is 58.3. The second-order valence-corrected chi connectivity index (χ2v) is 14.1. The maximum Gasteiger partial charge on any atom is 0.407 e. The van der Waals surface area contributed by atoms with Gasteiger partial charge in [-0.05, 0) is 80.0 Å². The van der Waals surface area contributed by atoms with Gasteiger partial charge in [0.15, 0.2) is 0 Å². The van der Waals surface area contributed by atoms with Gasteiger partial charge in [0.05, 0.1) is 31.1 Å². The fourth-order valence-corrected chi connectivity index (χ4v) is 6.29. The van der Waals surface area contributed by atoms with Crippen LogP contribution < -0.4 is 5.32 Å². The monoisotopic (exact) mass is 695 g/mol. The SMILES string of the molecule is CCCN(C(=O)CC(C)C)C(C)c1ncc(C#Cc2ccc(C#Cc3[nH]c(C4CC(C)CN4C(=O)C(NC(=O)OC)C(C)C)nc3CC)cc2)[nH]1. The number of aromatic amines is 2. The molecule has 11 nitrogen and oxygen atoms in total. The summed E-state index contributed by atoms with van der Waals surface area (Å²) in [5.41, 5.74) is 3.92. The van der Waals surface area contributed by atoms with Gasteiger partial charge in [0.1, 0.15) is 29.1 Å². The average Bonchev–Trinajstić information content (AvgIpc) is 3.85. The van der Waals surface area contributed by atoms with Crippen LogP contribution in [0.2, 0.25) is 0 Å². The molecule has 0 aliphatic carbocycles. The summed E-state index contributed by atoms with van der Waals surface area (Å²) in [5, 5.41) is 2.71. The number of aryl methyl sites for hydroxylation is 1.